The molecule has 0 aliphatic rings. The van der Waals surface area contributed by atoms with Crippen molar-refractivity contribution in [3.05, 3.63) is 29.5 Å². The van der Waals surface area contributed by atoms with Crippen LogP contribution in [0.2, 0.25) is 0 Å². The first-order valence-corrected chi connectivity index (χ1v) is 3.86. The number of nitrogens with zero attached hydrogens (tertiary/aromatic N) is 2. The molecule has 1 aromatic rings. The summed E-state index contributed by atoms with van der Waals surface area (Å²) in [6.45, 7) is 5.71. The van der Waals surface area contributed by atoms with Gasteiger partial charge in [0.2, 0.25) is 0 Å². The second-order valence-electron chi connectivity index (χ2n) is 2.07. The van der Waals surface area contributed by atoms with Gasteiger partial charge in [0, 0.05) is 0 Å². The highest BCUT2D eigenvalue weighted by atomic mass is 79.9. The topological polar surface area (TPSA) is 17.8 Å². The van der Waals surface area contributed by atoms with Crippen molar-refractivity contribution >= 4 is 15.9 Å². The summed E-state index contributed by atoms with van der Waals surface area (Å²) in [6, 6.07) is 2.16. The molecule has 0 saturated carbocycles. The Hall–Kier alpha value is -0.570. The molecule has 54 valence electrons. The minimum atomic E-state index is 0.254. The molecule has 1 unspecified atom stereocenters. The van der Waals surface area contributed by atoms with Gasteiger partial charge in [-0.25, -0.2) is 0 Å². The maximum absolute atomic E-state index is 4.09. The van der Waals surface area contributed by atoms with Crippen LogP contribution in [0.5, 0.6) is 0 Å². The molecule has 10 heavy (non-hydrogen) atoms. The van der Waals surface area contributed by atoms with Crippen LogP contribution in [-0.4, -0.2) is 9.78 Å². The van der Waals surface area contributed by atoms with Gasteiger partial charge in [-0.15, -0.1) is 6.58 Å². The maximum Gasteiger partial charge on any atom is 0.104 e. The molecule has 0 fully saturated rings. The van der Waals surface area contributed by atoms with Crippen molar-refractivity contribution in [2.45, 2.75) is 13.0 Å². The van der Waals surface area contributed by atoms with Crippen molar-refractivity contribution in [2.75, 3.05) is 0 Å². The van der Waals surface area contributed by atoms with E-state index in [0.29, 0.717) is 0 Å². The Morgan fingerprint density at radius 3 is 3.00 bits per heavy atom. The van der Waals surface area contributed by atoms with Crippen LogP contribution in [0.15, 0.2) is 29.5 Å². The lowest BCUT2D eigenvalue weighted by atomic mass is 10.3. The summed E-state index contributed by atoms with van der Waals surface area (Å²) in [6.07, 6.45) is 3.60. The molecule has 0 aliphatic heterocycles. The Balaban J connectivity index is 2.92. The molecule has 0 N–H and O–H groups in total. The van der Waals surface area contributed by atoms with Gasteiger partial charge in [0.15, 0.2) is 0 Å². The van der Waals surface area contributed by atoms with Crippen molar-refractivity contribution in [1.82, 2.24) is 9.78 Å². The molecule has 1 rings (SSSR count). The van der Waals surface area contributed by atoms with Gasteiger partial charge in [0.1, 0.15) is 4.60 Å². The van der Waals surface area contributed by atoms with Crippen molar-refractivity contribution < 1.29 is 0 Å². The molecule has 0 saturated heterocycles. The predicted octanol–water partition coefficient (Wildman–Crippen LogP) is 2.39. The SMILES string of the molecule is C=CC(C)n1nccc1Br. The quantitative estimate of drug-likeness (QED) is 0.671. The van der Waals surface area contributed by atoms with E-state index in [1.54, 1.807) is 6.20 Å². The molecule has 0 spiro atoms. The van der Waals surface area contributed by atoms with Crippen molar-refractivity contribution in [3.63, 3.8) is 0 Å². The number of allylic oxidation sites excluding steroid dienone is 1. The molecule has 0 aliphatic carbocycles. The molecule has 2 nitrogen and oxygen atoms in total. The zero-order valence-corrected chi connectivity index (χ0v) is 7.37. The summed E-state index contributed by atoms with van der Waals surface area (Å²) in [5, 5.41) is 4.09. The van der Waals surface area contributed by atoms with E-state index in [2.05, 4.69) is 27.6 Å². The smallest absolute Gasteiger partial charge is 0.104 e. The van der Waals surface area contributed by atoms with Crippen LogP contribution in [0.25, 0.3) is 0 Å². The van der Waals surface area contributed by atoms with Crippen molar-refractivity contribution in [1.29, 1.82) is 0 Å². The Labute approximate surface area is 68.7 Å². The summed E-state index contributed by atoms with van der Waals surface area (Å²) >= 11 is 3.36. The van der Waals surface area contributed by atoms with Crippen LogP contribution in [0.1, 0.15) is 13.0 Å². The van der Waals surface area contributed by atoms with Gasteiger partial charge in [0.05, 0.1) is 12.2 Å². The lowest BCUT2D eigenvalue weighted by Gasteiger charge is -2.06. The van der Waals surface area contributed by atoms with Gasteiger partial charge >= 0.3 is 0 Å². The van der Waals surface area contributed by atoms with Crippen LogP contribution in [-0.2, 0) is 0 Å². The van der Waals surface area contributed by atoms with E-state index in [0.717, 1.165) is 4.60 Å². The zero-order chi connectivity index (χ0) is 7.56. The summed E-state index contributed by atoms with van der Waals surface area (Å²) in [4.78, 5) is 0. The first-order chi connectivity index (χ1) is 4.75. The van der Waals surface area contributed by atoms with Crippen molar-refractivity contribution in [3.8, 4) is 0 Å². The maximum atomic E-state index is 4.09. The summed E-state index contributed by atoms with van der Waals surface area (Å²) in [5.74, 6) is 0. The van der Waals surface area contributed by atoms with E-state index in [-0.39, 0.29) is 6.04 Å². The number of aromatic nitrogens is 2. The van der Waals surface area contributed by atoms with Gasteiger partial charge in [-0.05, 0) is 28.9 Å². The van der Waals surface area contributed by atoms with E-state index in [1.807, 2.05) is 23.7 Å². The zero-order valence-electron chi connectivity index (χ0n) is 5.79. The van der Waals surface area contributed by atoms with Crippen LogP contribution in [0.3, 0.4) is 0 Å². The van der Waals surface area contributed by atoms with Gasteiger partial charge in [0.25, 0.3) is 0 Å². The average Bonchev–Trinajstić information content (AvgIpc) is 2.34. The van der Waals surface area contributed by atoms with Crippen molar-refractivity contribution in [2.24, 2.45) is 0 Å². The van der Waals surface area contributed by atoms with E-state index < -0.39 is 0 Å². The molecule has 0 radical (unpaired) electrons. The summed E-state index contributed by atoms with van der Waals surface area (Å²) in [7, 11) is 0. The minimum Gasteiger partial charge on any atom is -0.252 e. The Morgan fingerprint density at radius 1 is 1.90 bits per heavy atom. The number of hydrogen-bond donors (Lipinski definition) is 0. The molecule has 1 heterocycles. The van der Waals surface area contributed by atoms with E-state index >= 15 is 0 Å². The molecule has 0 bridgehead atoms. The average molecular weight is 201 g/mol. The van der Waals surface area contributed by atoms with Crippen LogP contribution < -0.4 is 0 Å². The van der Waals surface area contributed by atoms with E-state index in [9.17, 15) is 0 Å². The highest BCUT2D eigenvalue weighted by Crippen LogP contribution is 2.14. The van der Waals surface area contributed by atoms with Gasteiger partial charge in [-0.2, -0.15) is 5.10 Å². The third-order valence-electron chi connectivity index (χ3n) is 1.35. The van der Waals surface area contributed by atoms with E-state index in [4.69, 9.17) is 0 Å². The van der Waals surface area contributed by atoms with Gasteiger partial charge in [-0.1, -0.05) is 6.08 Å². The third-order valence-corrected chi connectivity index (χ3v) is 1.98. The lowest BCUT2D eigenvalue weighted by Crippen LogP contribution is -2.03. The summed E-state index contributed by atoms with van der Waals surface area (Å²) in [5.41, 5.74) is 0. The minimum absolute atomic E-state index is 0.254. The summed E-state index contributed by atoms with van der Waals surface area (Å²) < 4.78 is 2.84. The Morgan fingerprint density at radius 2 is 2.60 bits per heavy atom. The van der Waals surface area contributed by atoms with Crippen LogP contribution in [0, 0.1) is 0 Å². The third kappa shape index (κ3) is 1.29. The highest BCUT2D eigenvalue weighted by Gasteiger charge is 2.02. The number of halogens is 1. The highest BCUT2D eigenvalue weighted by molar-refractivity contribution is 9.10. The first-order valence-electron chi connectivity index (χ1n) is 3.07. The lowest BCUT2D eigenvalue weighted by molar-refractivity contribution is 0.570. The second kappa shape index (κ2) is 3.01. The molecular formula is C7H9BrN2. The van der Waals surface area contributed by atoms with Gasteiger partial charge < -0.3 is 0 Å². The predicted molar refractivity (Wildman–Crippen MR) is 44.8 cm³/mol. The standard InChI is InChI=1S/C7H9BrN2/c1-3-6(2)10-7(8)4-5-9-10/h3-6H,1H2,2H3. The molecule has 0 amide bonds. The fourth-order valence-electron chi connectivity index (χ4n) is 0.698. The van der Waals surface area contributed by atoms with Gasteiger partial charge in [-0.3, -0.25) is 4.68 Å². The molecular weight excluding hydrogens is 192 g/mol. The van der Waals surface area contributed by atoms with Crippen LogP contribution in [0.4, 0.5) is 0 Å². The second-order valence-corrected chi connectivity index (χ2v) is 2.89. The van der Waals surface area contributed by atoms with Crippen LogP contribution >= 0.6 is 15.9 Å². The Kier molecular flexibility index (Phi) is 2.27. The largest absolute Gasteiger partial charge is 0.252 e. The Bertz CT molecular complexity index is 229. The normalized spacial score (nSPS) is 13.0. The molecule has 1 aromatic heterocycles. The monoisotopic (exact) mass is 200 g/mol. The van der Waals surface area contributed by atoms with E-state index in [1.165, 1.54) is 0 Å². The number of hydrogen-bond acceptors (Lipinski definition) is 1. The first kappa shape index (κ1) is 7.54. The fourth-order valence-corrected chi connectivity index (χ4v) is 1.23. The number of rotatable bonds is 2. The molecule has 0 aromatic carbocycles. The molecule has 3 heteroatoms. The molecule has 1 atom stereocenters. The fraction of sp³-hybridized carbons (Fsp3) is 0.286.